The molecule has 0 bridgehead atoms. The molecule has 0 fully saturated rings. The van der Waals surface area contributed by atoms with Crippen LogP contribution in [-0.4, -0.2) is 21.4 Å². The normalized spacial score (nSPS) is 10.8. The van der Waals surface area contributed by atoms with Crippen molar-refractivity contribution in [2.24, 2.45) is 5.92 Å². The molecule has 0 radical (unpaired) electrons. The van der Waals surface area contributed by atoms with Crippen LogP contribution in [-0.2, 0) is 6.54 Å². The van der Waals surface area contributed by atoms with Crippen molar-refractivity contribution in [1.82, 2.24) is 15.1 Å². The zero-order chi connectivity index (χ0) is 16.1. The topological polar surface area (TPSA) is 41.9 Å². The Kier molecular flexibility index (Phi) is 6.06. The molecule has 0 unspecified atom stereocenters. The molecule has 0 aliphatic rings. The number of aromatic nitrogens is 2. The molecule has 0 aliphatic carbocycles. The van der Waals surface area contributed by atoms with E-state index in [-0.39, 0.29) is 0 Å². The van der Waals surface area contributed by atoms with Gasteiger partial charge in [0.25, 0.3) is 0 Å². The van der Waals surface area contributed by atoms with E-state index in [0.717, 1.165) is 17.8 Å². The Hall–Kier alpha value is -1.30. The van der Waals surface area contributed by atoms with Crippen molar-refractivity contribution in [3.63, 3.8) is 0 Å². The lowest BCUT2D eigenvalue weighted by Gasteiger charge is -2.10. The maximum absolute atomic E-state index is 6.17. The minimum Gasteiger partial charge on any atom is -0.362 e. The van der Waals surface area contributed by atoms with Gasteiger partial charge in [-0.3, -0.25) is 4.68 Å². The number of nitrogens with zero attached hydrogens (tertiary/aromatic N) is 2. The highest BCUT2D eigenvalue weighted by Crippen LogP contribution is 2.22. The van der Waals surface area contributed by atoms with E-state index >= 15 is 0 Å². The molecule has 1 heterocycles. The van der Waals surface area contributed by atoms with Crippen LogP contribution in [0, 0.1) is 5.92 Å². The molecule has 2 N–H and O–H groups in total. The van der Waals surface area contributed by atoms with E-state index in [0.29, 0.717) is 27.6 Å². The molecule has 2 rings (SSSR count). The largest absolute Gasteiger partial charge is 0.362 e. The third-order valence-electron chi connectivity index (χ3n) is 2.91. The summed E-state index contributed by atoms with van der Waals surface area (Å²) in [7, 11) is 0. The standard InChI is InChI=1S/C15H18Cl2N4S/c1-10(2)6-18-15(22)20-13-7-19-21(9-13)8-11-3-4-12(16)5-14(11)17/h3-5,7,9-10H,6,8H2,1-2H3,(H2,18,20,22). The van der Waals surface area contributed by atoms with E-state index < -0.39 is 0 Å². The monoisotopic (exact) mass is 356 g/mol. The van der Waals surface area contributed by atoms with Crippen LogP contribution in [0.5, 0.6) is 0 Å². The highest BCUT2D eigenvalue weighted by Gasteiger charge is 2.05. The van der Waals surface area contributed by atoms with Gasteiger partial charge in [0.15, 0.2) is 5.11 Å². The van der Waals surface area contributed by atoms with Crippen LogP contribution in [0.3, 0.4) is 0 Å². The van der Waals surface area contributed by atoms with E-state index in [1.54, 1.807) is 16.9 Å². The lowest BCUT2D eigenvalue weighted by molar-refractivity contribution is 0.627. The van der Waals surface area contributed by atoms with Crippen LogP contribution >= 0.6 is 35.4 Å². The summed E-state index contributed by atoms with van der Waals surface area (Å²) in [6, 6.07) is 5.44. The van der Waals surface area contributed by atoms with Crippen molar-refractivity contribution >= 4 is 46.2 Å². The molecule has 0 aliphatic heterocycles. The molecule has 0 saturated heterocycles. The number of hydrogen-bond donors (Lipinski definition) is 2. The van der Waals surface area contributed by atoms with Crippen molar-refractivity contribution in [2.75, 3.05) is 11.9 Å². The van der Waals surface area contributed by atoms with Gasteiger partial charge in [0.1, 0.15) is 0 Å². The number of rotatable bonds is 5. The molecule has 0 amide bonds. The van der Waals surface area contributed by atoms with Gasteiger partial charge in [0, 0.05) is 22.8 Å². The molecule has 0 spiro atoms. The molecule has 4 nitrogen and oxygen atoms in total. The number of nitrogens with one attached hydrogen (secondary N) is 2. The van der Waals surface area contributed by atoms with Gasteiger partial charge in [-0.2, -0.15) is 5.10 Å². The van der Waals surface area contributed by atoms with Gasteiger partial charge in [-0.15, -0.1) is 0 Å². The Balaban J connectivity index is 1.95. The fourth-order valence-electron chi connectivity index (χ4n) is 1.81. The SMILES string of the molecule is CC(C)CNC(=S)Nc1cnn(Cc2ccc(Cl)cc2Cl)c1. The third-order valence-corrected chi connectivity index (χ3v) is 3.74. The van der Waals surface area contributed by atoms with Gasteiger partial charge >= 0.3 is 0 Å². The summed E-state index contributed by atoms with van der Waals surface area (Å²) in [4.78, 5) is 0. The summed E-state index contributed by atoms with van der Waals surface area (Å²) in [6.07, 6.45) is 3.61. The first-order valence-electron chi connectivity index (χ1n) is 6.95. The van der Waals surface area contributed by atoms with Gasteiger partial charge in [-0.25, -0.2) is 0 Å². The second kappa shape index (κ2) is 7.81. The van der Waals surface area contributed by atoms with Gasteiger partial charge < -0.3 is 10.6 Å². The van der Waals surface area contributed by atoms with Crippen LogP contribution in [0.25, 0.3) is 0 Å². The fraction of sp³-hybridized carbons (Fsp3) is 0.333. The minimum atomic E-state index is 0.537. The summed E-state index contributed by atoms with van der Waals surface area (Å²) >= 11 is 17.3. The highest BCUT2D eigenvalue weighted by atomic mass is 35.5. The third kappa shape index (κ3) is 5.16. The Morgan fingerprint density at radius 2 is 2.14 bits per heavy atom. The molecular formula is C15H18Cl2N4S. The van der Waals surface area contributed by atoms with Crippen molar-refractivity contribution in [2.45, 2.75) is 20.4 Å². The lowest BCUT2D eigenvalue weighted by Crippen LogP contribution is -2.31. The van der Waals surface area contributed by atoms with Crippen LogP contribution in [0.4, 0.5) is 5.69 Å². The molecular weight excluding hydrogens is 339 g/mol. The Morgan fingerprint density at radius 3 is 2.82 bits per heavy atom. The van der Waals surface area contributed by atoms with Crippen molar-refractivity contribution in [3.8, 4) is 0 Å². The first kappa shape index (κ1) is 17.1. The van der Waals surface area contributed by atoms with E-state index in [4.69, 9.17) is 35.4 Å². The fourth-order valence-corrected chi connectivity index (χ4v) is 2.48. The summed E-state index contributed by atoms with van der Waals surface area (Å²) in [5.74, 6) is 0.537. The number of halogens is 2. The summed E-state index contributed by atoms with van der Waals surface area (Å²) in [5, 5.41) is 12.4. The zero-order valence-corrected chi connectivity index (χ0v) is 14.8. The van der Waals surface area contributed by atoms with E-state index in [2.05, 4.69) is 29.6 Å². The van der Waals surface area contributed by atoms with Crippen molar-refractivity contribution in [1.29, 1.82) is 0 Å². The second-order valence-corrected chi connectivity index (χ2v) is 6.64. The maximum Gasteiger partial charge on any atom is 0.170 e. The van der Waals surface area contributed by atoms with E-state index in [9.17, 15) is 0 Å². The first-order chi connectivity index (χ1) is 10.4. The quantitative estimate of drug-likeness (QED) is 0.788. The molecule has 22 heavy (non-hydrogen) atoms. The molecule has 0 atom stereocenters. The summed E-state index contributed by atoms with van der Waals surface area (Å²) in [6.45, 7) is 5.66. The van der Waals surface area contributed by atoms with Crippen LogP contribution in [0.2, 0.25) is 10.0 Å². The molecule has 118 valence electrons. The van der Waals surface area contributed by atoms with Crippen LogP contribution < -0.4 is 10.6 Å². The number of hydrogen-bond acceptors (Lipinski definition) is 2. The van der Waals surface area contributed by atoms with Crippen molar-refractivity contribution < 1.29 is 0 Å². The van der Waals surface area contributed by atoms with Crippen molar-refractivity contribution in [3.05, 3.63) is 46.2 Å². The average Bonchev–Trinajstić information content (AvgIpc) is 2.87. The molecule has 1 aromatic carbocycles. The molecule has 2 aromatic rings. The summed E-state index contributed by atoms with van der Waals surface area (Å²) in [5.41, 5.74) is 1.80. The highest BCUT2D eigenvalue weighted by molar-refractivity contribution is 7.80. The second-order valence-electron chi connectivity index (χ2n) is 5.39. The molecule has 0 saturated carbocycles. The molecule has 1 aromatic heterocycles. The number of anilines is 1. The number of thiocarbonyl (C=S) groups is 1. The zero-order valence-electron chi connectivity index (χ0n) is 12.4. The van der Waals surface area contributed by atoms with Gasteiger partial charge in [-0.05, 0) is 35.8 Å². The predicted octanol–water partition coefficient (Wildman–Crippen LogP) is 4.18. The Morgan fingerprint density at radius 1 is 1.36 bits per heavy atom. The molecule has 7 heteroatoms. The maximum atomic E-state index is 6.17. The summed E-state index contributed by atoms with van der Waals surface area (Å²) < 4.78 is 1.79. The van der Waals surface area contributed by atoms with Gasteiger partial charge in [-0.1, -0.05) is 43.1 Å². The Labute approximate surface area is 145 Å². The lowest BCUT2D eigenvalue weighted by atomic mass is 10.2. The minimum absolute atomic E-state index is 0.537. The number of benzene rings is 1. The van der Waals surface area contributed by atoms with Gasteiger partial charge in [0.05, 0.1) is 18.4 Å². The van der Waals surface area contributed by atoms with Crippen LogP contribution in [0.1, 0.15) is 19.4 Å². The van der Waals surface area contributed by atoms with Crippen LogP contribution in [0.15, 0.2) is 30.6 Å². The van der Waals surface area contributed by atoms with Gasteiger partial charge in [0.2, 0.25) is 0 Å². The predicted molar refractivity (Wildman–Crippen MR) is 96.9 cm³/mol. The Bertz CT molecular complexity index is 655. The average molecular weight is 357 g/mol. The van der Waals surface area contributed by atoms with E-state index in [1.807, 2.05) is 18.3 Å². The smallest absolute Gasteiger partial charge is 0.170 e. The van der Waals surface area contributed by atoms with E-state index in [1.165, 1.54) is 0 Å². The first-order valence-corrected chi connectivity index (χ1v) is 8.11.